The van der Waals surface area contributed by atoms with Gasteiger partial charge in [-0.3, -0.25) is 0 Å². The zero-order chi connectivity index (χ0) is 15.0. The Hall–Kier alpha value is -0.780. The number of benzene rings is 1. The normalized spacial score (nSPS) is 24.6. The van der Waals surface area contributed by atoms with Crippen molar-refractivity contribution < 1.29 is 18.3 Å². The molecule has 0 spiro atoms. The van der Waals surface area contributed by atoms with Gasteiger partial charge in [-0.25, -0.2) is 8.42 Å². The average Bonchev–Trinajstić information content (AvgIpc) is 3.01. The van der Waals surface area contributed by atoms with E-state index < -0.39 is 9.84 Å². The van der Waals surface area contributed by atoms with Crippen molar-refractivity contribution in [3.8, 4) is 5.75 Å². The van der Waals surface area contributed by atoms with Crippen LogP contribution >= 0.6 is 11.6 Å². The van der Waals surface area contributed by atoms with Gasteiger partial charge in [0, 0.05) is 18.1 Å². The molecule has 3 rings (SSSR count). The lowest BCUT2D eigenvalue weighted by molar-refractivity contribution is 0.183. The van der Waals surface area contributed by atoms with E-state index in [9.17, 15) is 13.5 Å². The fourth-order valence-electron chi connectivity index (χ4n) is 3.36. The number of fused-ring (bicyclic) bond motifs is 1. The van der Waals surface area contributed by atoms with Gasteiger partial charge < -0.3 is 9.84 Å². The lowest BCUT2D eigenvalue weighted by atomic mass is 9.86. The summed E-state index contributed by atoms with van der Waals surface area (Å²) in [6.07, 6.45) is 2.10. The van der Waals surface area contributed by atoms with Crippen molar-refractivity contribution in [1.82, 2.24) is 0 Å². The molecule has 116 valence electrons. The molecule has 1 saturated heterocycles. The number of rotatable bonds is 4. The molecule has 0 aromatic heterocycles. The second-order valence-electron chi connectivity index (χ2n) is 5.96. The standard InChI is InChI=1S/C15H19ClO4S/c16-14-6-10-1-3-20-15(10)12(7-14)5-13(8-17)11-2-4-21(18,19)9-11/h6-7,11,13,17H,1-5,8-9H2. The lowest BCUT2D eigenvalue weighted by Crippen LogP contribution is -2.22. The van der Waals surface area contributed by atoms with E-state index in [-0.39, 0.29) is 29.9 Å². The van der Waals surface area contributed by atoms with Gasteiger partial charge >= 0.3 is 0 Å². The minimum absolute atomic E-state index is 0.0124. The highest BCUT2D eigenvalue weighted by Crippen LogP contribution is 2.36. The number of aliphatic hydroxyl groups excluding tert-OH is 1. The molecule has 2 unspecified atom stereocenters. The second-order valence-corrected chi connectivity index (χ2v) is 8.63. The van der Waals surface area contributed by atoms with E-state index in [1.807, 2.05) is 12.1 Å². The van der Waals surface area contributed by atoms with Crippen LogP contribution < -0.4 is 4.74 Å². The topological polar surface area (TPSA) is 63.6 Å². The van der Waals surface area contributed by atoms with Crippen LogP contribution in [0.1, 0.15) is 17.5 Å². The van der Waals surface area contributed by atoms with Crippen molar-refractivity contribution in [2.24, 2.45) is 11.8 Å². The minimum atomic E-state index is -2.93. The molecule has 0 saturated carbocycles. The van der Waals surface area contributed by atoms with Gasteiger partial charge in [0.25, 0.3) is 0 Å². The van der Waals surface area contributed by atoms with E-state index in [0.29, 0.717) is 24.5 Å². The maximum absolute atomic E-state index is 11.6. The highest BCUT2D eigenvalue weighted by Gasteiger charge is 2.34. The molecule has 1 aromatic carbocycles. The molecule has 2 aliphatic rings. The molecule has 2 atom stereocenters. The van der Waals surface area contributed by atoms with Crippen LogP contribution in [0.25, 0.3) is 0 Å². The van der Waals surface area contributed by atoms with Crippen LogP contribution in [-0.2, 0) is 22.7 Å². The number of aliphatic hydroxyl groups is 1. The van der Waals surface area contributed by atoms with Crippen LogP contribution in [-0.4, -0.2) is 38.2 Å². The molecule has 1 N–H and O–H groups in total. The van der Waals surface area contributed by atoms with Crippen LogP contribution in [0, 0.1) is 11.8 Å². The van der Waals surface area contributed by atoms with Crippen molar-refractivity contribution in [1.29, 1.82) is 0 Å². The van der Waals surface area contributed by atoms with Gasteiger partial charge in [-0.15, -0.1) is 0 Å². The zero-order valence-corrected chi connectivity index (χ0v) is 13.3. The van der Waals surface area contributed by atoms with E-state index in [0.717, 1.165) is 23.3 Å². The fraction of sp³-hybridized carbons (Fsp3) is 0.600. The van der Waals surface area contributed by atoms with Gasteiger partial charge in [0.1, 0.15) is 5.75 Å². The predicted octanol–water partition coefficient (Wildman–Crippen LogP) is 1.86. The minimum Gasteiger partial charge on any atom is -0.493 e. The van der Waals surface area contributed by atoms with E-state index in [2.05, 4.69) is 0 Å². The molecule has 2 heterocycles. The average molecular weight is 331 g/mol. The van der Waals surface area contributed by atoms with Crippen molar-refractivity contribution in [3.63, 3.8) is 0 Å². The number of ether oxygens (including phenoxy) is 1. The van der Waals surface area contributed by atoms with Gasteiger partial charge in [-0.2, -0.15) is 0 Å². The Morgan fingerprint density at radius 2 is 2.24 bits per heavy atom. The van der Waals surface area contributed by atoms with Crippen LogP contribution in [0.5, 0.6) is 5.75 Å². The van der Waals surface area contributed by atoms with Crippen LogP contribution in [0.15, 0.2) is 12.1 Å². The van der Waals surface area contributed by atoms with Gasteiger partial charge in [-0.1, -0.05) is 11.6 Å². The number of sulfone groups is 1. The van der Waals surface area contributed by atoms with Gasteiger partial charge in [-0.05, 0) is 47.9 Å². The van der Waals surface area contributed by atoms with E-state index >= 15 is 0 Å². The molecular formula is C15H19ClO4S. The van der Waals surface area contributed by atoms with Gasteiger partial charge in [0.15, 0.2) is 9.84 Å². The highest BCUT2D eigenvalue weighted by atomic mass is 35.5. The summed E-state index contributed by atoms with van der Waals surface area (Å²) in [5, 5.41) is 10.3. The number of hydrogen-bond donors (Lipinski definition) is 1. The Labute approximate surface area is 130 Å². The first-order valence-corrected chi connectivity index (χ1v) is 9.44. The first-order valence-electron chi connectivity index (χ1n) is 7.24. The third-order valence-corrected chi connectivity index (χ3v) is 6.49. The molecule has 0 amide bonds. The molecule has 6 heteroatoms. The molecule has 0 aliphatic carbocycles. The Bertz CT molecular complexity index is 641. The molecule has 1 fully saturated rings. The van der Waals surface area contributed by atoms with Crippen LogP contribution in [0.3, 0.4) is 0 Å². The van der Waals surface area contributed by atoms with Crippen molar-refractivity contribution in [2.75, 3.05) is 24.7 Å². The largest absolute Gasteiger partial charge is 0.493 e. The first kappa shape index (κ1) is 15.1. The van der Waals surface area contributed by atoms with Crippen molar-refractivity contribution in [2.45, 2.75) is 19.3 Å². The summed E-state index contributed by atoms with van der Waals surface area (Å²) in [4.78, 5) is 0. The molecule has 4 nitrogen and oxygen atoms in total. The summed E-state index contributed by atoms with van der Waals surface area (Å²) in [6.45, 7) is 0.645. The third-order valence-electron chi connectivity index (χ3n) is 4.48. The molecule has 0 bridgehead atoms. The van der Waals surface area contributed by atoms with E-state index in [4.69, 9.17) is 16.3 Å². The Balaban J connectivity index is 1.82. The maximum atomic E-state index is 11.6. The summed E-state index contributed by atoms with van der Waals surface area (Å²) in [7, 11) is -2.93. The molecule has 21 heavy (non-hydrogen) atoms. The predicted molar refractivity (Wildman–Crippen MR) is 81.7 cm³/mol. The van der Waals surface area contributed by atoms with E-state index in [1.165, 1.54) is 0 Å². The maximum Gasteiger partial charge on any atom is 0.150 e. The summed E-state index contributed by atoms with van der Waals surface area (Å²) in [6, 6.07) is 3.79. The van der Waals surface area contributed by atoms with Crippen molar-refractivity contribution >= 4 is 21.4 Å². The summed E-state index contributed by atoms with van der Waals surface area (Å²) in [5.41, 5.74) is 2.09. The first-order chi connectivity index (χ1) is 9.98. The molecule has 1 aromatic rings. The number of halogens is 1. The summed E-state index contributed by atoms with van der Waals surface area (Å²) < 4.78 is 28.9. The Morgan fingerprint density at radius 1 is 1.43 bits per heavy atom. The SMILES string of the molecule is O=S1(=O)CCC(C(CO)Cc2cc(Cl)cc3c2OCC3)C1. The summed E-state index contributed by atoms with van der Waals surface area (Å²) >= 11 is 6.15. The van der Waals surface area contributed by atoms with Crippen molar-refractivity contribution in [3.05, 3.63) is 28.3 Å². The lowest BCUT2D eigenvalue weighted by Gasteiger charge is -2.21. The quantitative estimate of drug-likeness (QED) is 0.915. The second kappa shape index (κ2) is 5.78. The van der Waals surface area contributed by atoms with Crippen LogP contribution in [0.2, 0.25) is 5.02 Å². The zero-order valence-electron chi connectivity index (χ0n) is 11.7. The monoisotopic (exact) mass is 330 g/mol. The fourth-order valence-corrected chi connectivity index (χ4v) is 5.54. The number of hydrogen-bond acceptors (Lipinski definition) is 4. The molecular weight excluding hydrogens is 312 g/mol. The third kappa shape index (κ3) is 3.20. The Kier molecular flexibility index (Phi) is 4.17. The Morgan fingerprint density at radius 3 is 2.90 bits per heavy atom. The smallest absolute Gasteiger partial charge is 0.150 e. The van der Waals surface area contributed by atoms with E-state index in [1.54, 1.807) is 0 Å². The van der Waals surface area contributed by atoms with Gasteiger partial charge in [0.05, 0.1) is 18.1 Å². The highest BCUT2D eigenvalue weighted by molar-refractivity contribution is 7.91. The van der Waals surface area contributed by atoms with Gasteiger partial charge in [0.2, 0.25) is 0 Å². The molecule has 2 aliphatic heterocycles. The van der Waals surface area contributed by atoms with Crippen LogP contribution in [0.4, 0.5) is 0 Å². The summed E-state index contributed by atoms with van der Waals surface area (Å²) in [5.74, 6) is 1.25. The molecule has 0 radical (unpaired) electrons.